The monoisotopic (exact) mass is 438 g/mol. The summed E-state index contributed by atoms with van der Waals surface area (Å²) in [6.45, 7) is 3.01. The van der Waals surface area contributed by atoms with Crippen LogP contribution in [0.2, 0.25) is 5.02 Å². The number of rotatable bonds is 3. The van der Waals surface area contributed by atoms with Gasteiger partial charge in [-0.15, -0.1) is 11.3 Å². The molecule has 1 aliphatic carbocycles. The van der Waals surface area contributed by atoms with Crippen LogP contribution < -0.4 is 4.90 Å². The maximum absolute atomic E-state index is 13.5. The van der Waals surface area contributed by atoms with Crippen molar-refractivity contribution in [2.45, 2.75) is 18.8 Å². The number of hydrogen-bond acceptors (Lipinski definition) is 5. The molecule has 30 heavy (non-hydrogen) atoms. The highest BCUT2D eigenvalue weighted by Crippen LogP contribution is 2.39. The van der Waals surface area contributed by atoms with E-state index in [1.165, 1.54) is 4.70 Å². The first-order valence-corrected chi connectivity index (χ1v) is 11.5. The summed E-state index contributed by atoms with van der Waals surface area (Å²) < 4.78 is 1.19. The van der Waals surface area contributed by atoms with E-state index in [0.29, 0.717) is 5.02 Å². The minimum Gasteiger partial charge on any atom is -0.353 e. The fourth-order valence-electron chi connectivity index (χ4n) is 4.35. The average molecular weight is 439 g/mol. The van der Waals surface area contributed by atoms with Crippen LogP contribution in [0, 0.1) is 5.92 Å². The molecule has 2 atom stereocenters. The molecule has 0 spiro atoms. The predicted molar refractivity (Wildman–Crippen MR) is 122 cm³/mol. The van der Waals surface area contributed by atoms with Crippen molar-refractivity contribution in [3.05, 3.63) is 64.8 Å². The molecule has 5 rings (SSSR count). The molecule has 0 radical (unpaired) electrons. The van der Waals surface area contributed by atoms with Crippen LogP contribution in [-0.2, 0) is 4.79 Å². The highest BCUT2D eigenvalue weighted by Gasteiger charge is 2.36. The lowest BCUT2D eigenvalue weighted by molar-refractivity contribution is -0.136. The molecule has 0 saturated carbocycles. The molecule has 1 aromatic carbocycles. The van der Waals surface area contributed by atoms with Crippen LogP contribution in [0.15, 0.2) is 54.7 Å². The second kappa shape index (κ2) is 8.36. The first-order chi connectivity index (χ1) is 14.7. The van der Waals surface area contributed by atoms with Crippen LogP contribution in [0.1, 0.15) is 23.8 Å². The van der Waals surface area contributed by atoms with Crippen molar-refractivity contribution in [2.24, 2.45) is 5.92 Å². The van der Waals surface area contributed by atoms with Crippen molar-refractivity contribution in [1.29, 1.82) is 0 Å². The van der Waals surface area contributed by atoms with E-state index < -0.39 is 0 Å². The first-order valence-electron chi connectivity index (χ1n) is 10.3. The molecular formula is C23H23ClN4OS. The number of aromatic nitrogens is 2. The van der Waals surface area contributed by atoms with Crippen molar-refractivity contribution in [1.82, 2.24) is 14.9 Å². The molecule has 1 aliphatic heterocycles. The quantitative estimate of drug-likeness (QED) is 0.554. The third-order valence-corrected chi connectivity index (χ3v) is 7.40. The molecule has 2 unspecified atom stereocenters. The van der Waals surface area contributed by atoms with Gasteiger partial charge < -0.3 is 9.80 Å². The topological polar surface area (TPSA) is 49.3 Å². The number of halogens is 1. The fourth-order valence-corrected chi connectivity index (χ4v) is 5.61. The van der Waals surface area contributed by atoms with Crippen LogP contribution in [-0.4, -0.2) is 47.0 Å². The van der Waals surface area contributed by atoms with E-state index in [2.05, 4.69) is 34.2 Å². The number of fused-ring (bicyclic) bond motifs is 1. The Morgan fingerprint density at radius 3 is 2.60 bits per heavy atom. The molecule has 2 aliphatic rings. The lowest BCUT2D eigenvalue weighted by Crippen LogP contribution is -2.51. The lowest BCUT2D eigenvalue weighted by Gasteiger charge is -2.38. The molecule has 3 aromatic rings. The number of carbonyl (C=O) groups is 1. The number of para-hydroxylation sites is 1. The standard InChI is InChI=1S/C23H23ClN4OS/c24-16-9-10-21(25-15-16)27-11-13-28(14-12-27)23(29)18-6-2-1-5-17(18)22-26-19-7-3-4-8-20(19)30-22/h1-4,7-10,15,17-18H,5-6,11-14H2. The van der Waals surface area contributed by atoms with Crippen LogP contribution in [0.4, 0.5) is 5.82 Å². The van der Waals surface area contributed by atoms with Crippen molar-refractivity contribution >= 4 is 44.9 Å². The van der Waals surface area contributed by atoms with E-state index in [9.17, 15) is 4.79 Å². The number of piperazine rings is 1. The van der Waals surface area contributed by atoms with Crippen LogP contribution in [0.3, 0.4) is 0 Å². The summed E-state index contributed by atoms with van der Waals surface area (Å²) in [5.74, 6) is 1.30. The zero-order valence-corrected chi connectivity index (χ0v) is 18.1. The van der Waals surface area contributed by atoms with E-state index in [-0.39, 0.29) is 17.7 Å². The summed E-state index contributed by atoms with van der Waals surface area (Å²) >= 11 is 7.68. The van der Waals surface area contributed by atoms with Crippen molar-refractivity contribution in [3.63, 3.8) is 0 Å². The van der Waals surface area contributed by atoms with Gasteiger partial charge in [-0.25, -0.2) is 9.97 Å². The van der Waals surface area contributed by atoms with E-state index in [0.717, 1.165) is 55.4 Å². The van der Waals surface area contributed by atoms with Gasteiger partial charge in [0, 0.05) is 38.3 Å². The largest absolute Gasteiger partial charge is 0.353 e. The zero-order chi connectivity index (χ0) is 20.5. The van der Waals surface area contributed by atoms with Crippen LogP contribution in [0.25, 0.3) is 10.2 Å². The minimum absolute atomic E-state index is 0.0317. The molecular weight excluding hydrogens is 416 g/mol. The first kappa shape index (κ1) is 19.5. The number of thiazole rings is 1. The molecule has 2 aromatic heterocycles. The summed E-state index contributed by atoms with van der Waals surface area (Å²) in [6.07, 6.45) is 7.69. The Bertz CT molecular complexity index is 1040. The second-order valence-electron chi connectivity index (χ2n) is 7.82. The third-order valence-electron chi connectivity index (χ3n) is 6.00. The van der Waals surface area contributed by atoms with E-state index >= 15 is 0 Å². The van der Waals surface area contributed by atoms with Gasteiger partial charge in [0.05, 0.1) is 26.2 Å². The number of nitrogens with zero attached hydrogens (tertiary/aromatic N) is 4. The van der Waals surface area contributed by atoms with Crippen LogP contribution in [0.5, 0.6) is 0 Å². The van der Waals surface area contributed by atoms with Gasteiger partial charge in [0.1, 0.15) is 5.82 Å². The Morgan fingerprint density at radius 2 is 1.83 bits per heavy atom. The van der Waals surface area contributed by atoms with Gasteiger partial charge in [0.25, 0.3) is 0 Å². The summed E-state index contributed by atoms with van der Waals surface area (Å²) in [5.41, 5.74) is 1.03. The average Bonchev–Trinajstić information content (AvgIpc) is 3.23. The Balaban J connectivity index is 1.29. The fraction of sp³-hybridized carbons (Fsp3) is 0.348. The SMILES string of the molecule is O=C(C1CC=CCC1c1nc2ccccc2s1)N1CCN(c2ccc(Cl)cn2)CC1. The molecule has 7 heteroatoms. The molecule has 0 N–H and O–H groups in total. The summed E-state index contributed by atoms with van der Waals surface area (Å²) in [4.78, 5) is 27.0. The number of allylic oxidation sites excluding steroid dienone is 2. The summed E-state index contributed by atoms with van der Waals surface area (Å²) in [7, 11) is 0. The zero-order valence-electron chi connectivity index (χ0n) is 16.6. The number of hydrogen-bond donors (Lipinski definition) is 0. The maximum Gasteiger partial charge on any atom is 0.226 e. The van der Waals surface area contributed by atoms with Crippen molar-refractivity contribution in [3.8, 4) is 0 Å². The number of pyridine rings is 1. The van der Waals surface area contributed by atoms with E-state index in [4.69, 9.17) is 16.6 Å². The van der Waals surface area contributed by atoms with Crippen molar-refractivity contribution < 1.29 is 4.79 Å². The molecule has 0 bridgehead atoms. The van der Waals surface area contributed by atoms with E-state index in [1.807, 2.05) is 29.2 Å². The van der Waals surface area contributed by atoms with Gasteiger partial charge >= 0.3 is 0 Å². The Hall–Kier alpha value is -2.44. The number of anilines is 1. The molecule has 1 fully saturated rings. The van der Waals surface area contributed by atoms with Gasteiger partial charge in [-0.2, -0.15) is 0 Å². The van der Waals surface area contributed by atoms with Gasteiger partial charge in [-0.1, -0.05) is 35.9 Å². The summed E-state index contributed by atoms with van der Waals surface area (Å²) in [5, 5.41) is 1.72. The normalized spacial score (nSPS) is 21.9. The molecule has 5 nitrogen and oxygen atoms in total. The minimum atomic E-state index is -0.0317. The second-order valence-corrected chi connectivity index (χ2v) is 9.32. The molecule has 1 amide bonds. The molecule has 3 heterocycles. The van der Waals surface area contributed by atoms with Crippen molar-refractivity contribution in [2.75, 3.05) is 31.1 Å². The Kier molecular flexibility index (Phi) is 5.44. The van der Waals surface area contributed by atoms with Crippen LogP contribution >= 0.6 is 22.9 Å². The number of benzene rings is 1. The molecule has 1 saturated heterocycles. The lowest BCUT2D eigenvalue weighted by atomic mass is 9.82. The van der Waals surface area contributed by atoms with Gasteiger partial charge in [0.2, 0.25) is 5.91 Å². The maximum atomic E-state index is 13.5. The van der Waals surface area contributed by atoms with Gasteiger partial charge in [-0.05, 0) is 37.1 Å². The van der Waals surface area contributed by atoms with Gasteiger partial charge in [0.15, 0.2) is 0 Å². The van der Waals surface area contributed by atoms with E-state index in [1.54, 1.807) is 17.5 Å². The highest BCUT2D eigenvalue weighted by atomic mass is 35.5. The molecule has 154 valence electrons. The Morgan fingerprint density at radius 1 is 1.03 bits per heavy atom. The third kappa shape index (κ3) is 3.82. The number of carbonyl (C=O) groups excluding carboxylic acids is 1. The summed E-state index contributed by atoms with van der Waals surface area (Å²) in [6, 6.07) is 12.0. The highest BCUT2D eigenvalue weighted by molar-refractivity contribution is 7.18. The predicted octanol–water partition coefficient (Wildman–Crippen LogP) is 4.74. The number of amides is 1. The Labute approximate surface area is 185 Å². The van der Waals surface area contributed by atoms with Gasteiger partial charge in [-0.3, -0.25) is 4.79 Å². The smallest absolute Gasteiger partial charge is 0.226 e.